The topological polar surface area (TPSA) is 45.5 Å². The Balaban J connectivity index is 1.86. The molecule has 2 heterocycles. The first-order valence-electron chi connectivity index (χ1n) is 7.50. The summed E-state index contributed by atoms with van der Waals surface area (Å²) in [5.74, 6) is 0.0727. The maximum Gasteiger partial charge on any atom is 0.270 e. The number of carbonyl (C=O) groups excluding carboxylic acids is 1. The Labute approximate surface area is 127 Å². The highest BCUT2D eigenvalue weighted by atomic mass is 79.9. The molecule has 1 unspecified atom stereocenters. The molecule has 20 heavy (non-hydrogen) atoms. The van der Waals surface area contributed by atoms with E-state index in [0.29, 0.717) is 6.04 Å². The van der Waals surface area contributed by atoms with Crippen molar-refractivity contribution in [3.05, 3.63) is 22.4 Å². The summed E-state index contributed by atoms with van der Waals surface area (Å²) < 4.78 is 3.06. The number of nitrogens with zero attached hydrogens (tertiary/aromatic N) is 2. The lowest BCUT2D eigenvalue weighted by Crippen LogP contribution is -2.42. The Morgan fingerprint density at radius 1 is 1.30 bits per heavy atom. The molecule has 1 atom stereocenters. The van der Waals surface area contributed by atoms with Gasteiger partial charge in [0.1, 0.15) is 5.69 Å². The van der Waals surface area contributed by atoms with Crippen LogP contribution < -0.4 is 0 Å². The SMILES string of the molecule is O=C(c1cc(Br)cn1C1CC1)N1CCCCCC1CO. The van der Waals surface area contributed by atoms with Gasteiger partial charge in [0.25, 0.3) is 5.91 Å². The van der Waals surface area contributed by atoms with E-state index >= 15 is 0 Å². The van der Waals surface area contributed by atoms with Crippen LogP contribution in [-0.4, -0.2) is 39.7 Å². The zero-order valence-electron chi connectivity index (χ0n) is 11.6. The molecule has 1 saturated carbocycles. The normalized spacial score (nSPS) is 23.7. The van der Waals surface area contributed by atoms with Gasteiger partial charge >= 0.3 is 0 Å². The van der Waals surface area contributed by atoms with Crippen molar-refractivity contribution >= 4 is 21.8 Å². The first kappa shape index (κ1) is 14.1. The van der Waals surface area contributed by atoms with Crippen molar-refractivity contribution in [1.29, 1.82) is 0 Å². The number of halogens is 1. The number of aliphatic hydroxyl groups excluding tert-OH is 1. The van der Waals surface area contributed by atoms with Crippen molar-refractivity contribution < 1.29 is 9.90 Å². The van der Waals surface area contributed by atoms with Crippen LogP contribution in [0.5, 0.6) is 0 Å². The second kappa shape index (κ2) is 5.90. The van der Waals surface area contributed by atoms with E-state index in [-0.39, 0.29) is 18.6 Å². The lowest BCUT2D eigenvalue weighted by molar-refractivity contribution is 0.0589. The third-order valence-corrected chi connectivity index (χ3v) is 4.76. The largest absolute Gasteiger partial charge is 0.394 e. The quantitative estimate of drug-likeness (QED) is 0.919. The molecule has 3 rings (SSSR count). The summed E-state index contributed by atoms with van der Waals surface area (Å²) >= 11 is 3.48. The summed E-state index contributed by atoms with van der Waals surface area (Å²) in [6.45, 7) is 0.828. The van der Waals surface area contributed by atoms with Gasteiger partial charge in [0.2, 0.25) is 0 Å². The number of aromatic nitrogens is 1. The van der Waals surface area contributed by atoms with Gasteiger partial charge in [-0.2, -0.15) is 0 Å². The Morgan fingerprint density at radius 2 is 2.10 bits per heavy atom. The van der Waals surface area contributed by atoms with Gasteiger partial charge in [0.15, 0.2) is 0 Å². The third kappa shape index (κ3) is 2.79. The predicted octanol–water partition coefficient (Wildman–Crippen LogP) is 2.96. The van der Waals surface area contributed by atoms with Crippen molar-refractivity contribution in [2.24, 2.45) is 0 Å². The van der Waals surface area contributed by atoms with Crippen LogP contribution in [0, 0.1) is 0 Å². The number of aliphatic hydroxyl groups is 1. The number of carbonyl (C=O) groups is 1. The zero-order chi connectivity index (χ0) is 14.1. The van der Waals surface area contributed by atoms with Gasteiger partial charge < -0.3 is 14.6 Å². The Hall–Kier alpha value is -0.810. The predicted molar refractivity (Wildman–Crippen MR) is 80.8 cm³/mol. The van der Waals surface area contributed by atoms with E-state index in [2.05, 4.69) is 20.5 Å². The average molecular weight is 341 g/mol. The number of hydrogen-bond acceptors (Lipinski definition) is 2. The van der Waals surface area contributed by atoms with Crippen LogP contribution in [0.25, 0.3) is 0 Å². The lowest BCUT2D eigenvalue weighted by atomic mass is 10.1. The molecule has 2 fully saturated rings. The minimum Gasteiger partial charge on any atom is -0.394 e. The van der Waals surface area contributed by atoms with Crippen molar-refractivity contribution in [2.45, 2.75) is 50.6 Å². The number of rotatable bonds is 3. The molecule has 1 aliphatic heterocycles. The monoisotopic (exact) mass is 340 g/mol. The first-order chi connectivity index (χ1) is 9.70. The van der Waals surface area contributed by atoms with Crippen molar-refractivity contribution in [3.63, 3.8) is 0 Å². The van der Waals surface area contributed by atoms with E-state index in [4.69, 9.17) is 0 Å². The molecule has 0 spiro atoms. The lowest BCUT2D eigenvalue weighted by Gasteiger charge is -2.29. The van der Waals surface area contributed by atoms with Crippen molar-refractivity contribution in [2.75, 3.05) is 13.2 Å². The van der Waals surface area contributed by atoms with E-state index in [1.807, 2.05) is 17.2 Å². The van der Waals surface area contributed by atoms with Gasteiger partial charge in [-0.15, -0.1) is 0 Å². The Bertz CT molecular complexity index is 496. The second-order valence-electron chi connectivity index (χ2n) is 5.87. The molecular formula is C15H21BrN2O2. The molecule has 1 aliphatic carbocycles. The van der Waals surface area contributed by atoms with E-state index in [0.717, 1.165) is 55.2 Å². The van der Waals surface area contributed by atoms with E-state index in [1.54, 1.807) is 0 Å². The maximum absolute atomic E-state index is 12.9. The van der Waals surface area contributed by atoms with Crippen LogP contribution >= 0.6 is 15.9 Å². The molecule has 0 aromatic carbocycles. The molecule has 1 saturated heterocycles. The zero-order valence-corrected chi connectivity index (χ0v) is 13.2. The molecule has 4 nitrogen and oxygen atoms in total. The van der Waals surface area contributed by atoms with Gasteiger partial charge in [-0.25, -0.2) is 0 Å². The summed E-state index contributed by atoms with van der Waals surface area (Å²) in [5, 5.41) is 9.57. The fraction of sp³-hybridized carbons (Fsp3) is 0.667. The number of hydrogen-bond donors (Lipinski definition) is 1. The highest BCUT2D eigenvalue weighted by molar-refractivity contribution is 9.10. The molecule has 0 bridgehead atoms. The first-order valence-corrected chi connectivity index (χ1v) is 8.29. The van der Waals surface area contributed by atoms with E-state index < -0.39 is 0 Å². The molecule has 110 valence electrons. The number of amides is 1. The van der Waals surface area contributed by atoms with Crippen LogP contribution in [0.15, 0.2) is 16.7 Å². The fourth-order valence-electron chi connectivity index (χ4n) is 3.05. The molecule has 1 aromatic rings. The van der Waals surface area contributed by atoms with Gasteiger partial charge in [0.05, 0.1) is 12.6 Å². The van der Waals surface area contributed by atoms with Crippen LogP contribution in [0.3, 0.4) is 0 Å². The van der Waals surface area contributed by atoms with Crippen molar-refractivity contribution in [3.8, 4) is 0 Å². The summed E-state index contributed by atoms with van der Waals surface area (Å²) in [6.07, 6.45) is 8.52. The maximum atomic E-state index is 12.9. The van der Waals surface area contributed by atoms with Crippen LogP contribution in [0.2, 0.25) is 0 Å². The highest BCUT2D eigenvalue weighted by Gasteiger charge is 2.32. The van der Waals surface area contributed by atoms with E-state index in [9.17, 15) is 9.90 Å². The Morgan fingerprint density at radius 3 is 2.80 bits per heavy atom. The van der Waals surface area contributed by atoms with Crippen LogP contribution in [0.4, 0.5) is 0 Å². The number of likely N-dealkylation sites (tertiary alicyclic amines) is 1. The minimum absolute atomic E-state index is 0.0219. The smallest absolute Gasteiger partial charge is 0.270 e. The highest BCUT2D eigenvalue weighted by Crippen LogP contribution is 2.38. The van der Waals surface area contributed by atoms with E-state index in [1.165, 1.54) is 0 Å². The molecule has 1 N–H and O–H groups in total. The fourth-order valence-corrected chi connectivity index (χ4v) is 3.49. The minimum atomic E-state index is -0.0219. The van der Waals surface area contributed by atoms with Crippen LogP contribution in [0.1, 0.15) is 55.1 Å². The molecule has 5 heteroatoms. The summed E-state index contributed by atoms with van der Waals surface area (Å²) in [7, 11) is 0. The van der Waals surface area contributed by atoms with Crippen molar-refractivity contribution in [1.82, 2.24) is 9.47 Å². The molecular weight excluding hydrogens is 320 g/mol. The second-order valence-corrected chi connectivity index (χ2v) is 6.78. The molecule has 1 amide bonds. The molecule has 0 radical (unpaired) electrons. The summed E-state index contributed by atoms with van der Waals surface area (Å²) in [5.41, 5.74) is 0.764. The van der Waals surface area contributed by atoms with Gasteiger partial charge in [-0.05, 0) is 47.7 Å². The third-order valence-electron chi connectivity index (χ3n) is 4.32. The molecule has 1 aromatic heterocycles. The van der Waals surface area contributed by atoms with Gasteiger partial charge in [-0.1, -0.05) is 12.8 Å². The summed E-state index contributed by atoms with van der Waals surface area (Å²) in [4.78, 5) is 14.7. The molecule has 2 aliphatic rings. The van der Waals surface area contributed by atoms with Crippen LogP contribution in [-0.2, 0) is 0 Å². The average Bonchev–Trinajstić information content (AvgIpc) is 3.24. The standard InChI is InChI=1S/C15H21BrN2O2/c16-11-8-14(18(9-11)12-5-6-12)15(20)17-7-3-1-2-4-13(17)10-19/h8-9,12-13,19H,1-7,10H2. The Kier molecular flexibility index (Phi) is 4.17. The van der Waals surface area contributed by atoms with Gasteiger partial charge in [-0.3, -0.25) is 4.79 Å². The van der Waals surface area contributed by atoms with Gasteiger partial charge in [0, 0.05) is 23.3 Å². The summed E-state index contributed by atoms with van der Waals surface area (Å²) in [6, 6.07) is 2.38.